The Labute approximate surface area is 189 Å². The van der Waals surface area contributed by atoms with Crippen LogP contribution in [0.3, 0.4) is 0 Å². The molecule has 0 N–H and O–H groups in total. The summed E-state index contributed by atoms with van der Waals surface area (Å²) in [6.45, 7) is 3.13. The van der Waals surface area contributed by atoms with Crippen molar-refractivity contribution in [1.29, 1.82) is 0 Å². The molecule has 0 radical (unpaired) electrons. The SMILES string of the molecule is CCCCOc1ccc(C(=O)N(Cc2cccc3ccccc23)C2CCS(=O)(=O)C2)cc1. The Morgan fingerprint density at radius 1 is 1.03 bits per heavy atom. The maximum absolute atomic E-state index is 13.5. The van der Waals surface area contributed by atoms with E-state index in [1.54, 1.807) is 17.0 Å². The minimum atomic E-state index is -3.12. The van der Waals surface area contributed by atoms with Crippen LogP contribution in [-0.2, 0) is 16.4 Å². The molecule has 168 valence electrons. The second-order valence-corrected chi connectivity index (χ2v) is 10.6. The van der Waals surface area contributed by atoms with Crippen molar-refractivity contribution in [3.05, 3.63) is 77.9 Å². The van der Waals surface area contributed by atoms with E-state index < -0.39 is 9.84 Å². The Morgan fingerprint density at radius 3 is 2.50 bits per heavy atom. The van der Waals surface area contributed by atoms with Gasteiger partial charge in [-0.2, -0.15) is 0 Å². The Hall–Kier alpha value is -2.86. The van der Waals surface area contributed by atoms with Gasteiger partial charge in [0.2, 0.25) is 0 Å². The normalized spacial score (nSPS) is 17.3. The summed E-state index contributed by atoms with van der Waals surface area (Å²) in [6.07, 6.45) is 2.51. The molecule has 1 fully saturated rings. The average Bonchev–Trinajstić information content (AvgIpc) is 3.17. The van der Waals surface area contributed by atoms with Crippen molar-refractivity contribution >= 4 is 26.5 Å². The lowest BCUT2D eigenvalue weighted by Crippen LogP contribution is -2.40. The van der Waals surface area contributed by atoms with Crippen LogP contribution in [0.25, 0.3) is 10.8 Å². The first-order valence-corrected chi connectivity index (χ1v) is 13.0. The second kappa shape index (κ2) is 9.74. The molecular formula is C26H29NO4S. The third-order valence-electron chi connectivity index (χ3n) is 6.00. The molecule has 0 aliphatic carbocycles. The highest BCUT2D eigenvalue weighted by Gasteiger charge is 2.35. The monoisotopic (exact) mass is 451 g/mol. The highest BCUT2D eigenvalue weighted by molar-refractivity contribution is 7.91. The molecule has 1 aliphatic rings. The van der Waals surface area contributed by atoms with Crippen molar-refractivity contribution in [2.45, 2.75) is 38.8 Å². The van der Waals surface area contributed by atoms with Gasteiger partial charge in [0, 0.05) is 18.2 Å². The number of hydrogen-bond acceptors (Lipinski definition) is 4. The maximum atomic E-state index is 13.5. The van der Waals surface area contributed by atoms with Gasteiger partial charge in [0.15, 0.2) is 9.84 Å². The zero-order valence-corrected chi connectivity index (χ0v) is 19.2. The molecule has 0 bridgehead atoms. The fraction of sp³-hybridized carbons (Fsp3) is 0.346. The van der Waals surface area contributed by atoms with E-state index in [1.807, 2.05) is 54.6 Å². The molecule has 1 heterocycles. The highest BCUT2D eigenvalue weighted by Crippen LogP contribution is 2.26. The van der Waals surface area contributed by atoms with Crippen LogP contribution in [0.1, 0.15) is 42.1 Å². The van der Waals surface area contributed by atoms with E-state index in [1.165, 1.54) is 0 Å². The van der Waals surface area contributed by atoms with Crippen molar-refractivity contribution in [2.75, 3.05) is 18.1 Å². The summed E-state index contributed by atoms with van der Waals surface area (Å²) in [4.78, 5) is 15.3. The molecule has 1 unspecified atom stereocenters. The van der Waals surface area contributed by atoms with Crippen molar-refractivity contribution in [3.63, 3.8) is 0 Å². The quantitative estimate of drug-likeness (QED) is 0.460. The lowest BCUT2D eigenvalue weighted by molar-refractivity contribution is 0.0682. The van der Waals surface area contributed by atoms with Gasteiger partial charge in [-0.05, 0) is 53.4 Å². The van der Waals surface area contributed by atoms with Gasteiger partial charge in [0.05, 0.1) is 18.1 Å². The molecule has 0 saturated carbocycles. The number of rotatable bonds is 8. The molecule has 3 aromatic carbocycles. The summed E-state index contributed by atoms with van der Waals surface area (Å²) in [5, 5.41) is 2.18. The van der Waals surface area contributed by atoms with Crippen molar-refractivity contribution in [3.8, 4) is 5.75 Å². The van der Waals surface area contributed by atoms with E-state index in [-0.39, 0.29) is 23.5 Å². The largest absolute Gasteiger partial charge is 0.494 e. The third kappa shape index (κ3) is 5.13. The number of benzene rings is 3. The van der Waals surface area contributed by atoms with Gasteiger partial charge in [-0.3, -0.25) is 4.79 Å². The summed E-state index contributed by atoms with van der Waals surface area (Å²) in [5.41, 5.74) is 1.55. The minimum absolute atomic E-state index is 0.0156. The Kier molecular flexibility index (Phi) is 6.80. The molecule has 5 nitrogen and oxygen atoms in total. The van der Waals surface area contributed by atoms with Crippen molar-refractivity contribution in [1.82, 2.24) is 4.90 Å². The Balaban J connectivity index is 1.61. The molecule has 1 atom stereocenters. The number of hydrogen-bond donors (Lipinski definition) is 0. The Morgan fingerprint density at radius 2 is 1.78 bits per heavy atom. The highest BCUT2D eigenvalue weighted by atomic mass is 32.2. The van der Waals surface area contributed by atoms with Crippen LogP contribution in [-0.4, -0.2) is 43.4 Å². The number of ether oxygens (including phenoxy) is 1. The minimum Gasteiger partial charge on any atom is -0.494 e. The first-order chi connectivity index (χ1) is 15.5. The standard InChI is InChI=1S/C26H29NO4S/c1-2-3-16-31-24-13-11-21(12-14-24)26(28)27(23-15-17-32(29,30)19-23)18-22-9-6-8-20-7-4-5-10-25(20)22/h4-14,23H,2-3,15-19H2,1H3. The molecule has 0 aromatic heterocycles. The predicted octanol–water partition coefficient (Wildman–Crippen LogP) is 4.85. The molecule has 1 saturated heterocycles. The number of sulfone groups is 1. The van der Waals surface area contributed by atoms with Gasteiger partial charge in [-0.15, -0.1) is 0 Å². The number of carbonyl (C=O) groups excluding carboxylic acids is 1. The summed E-state index contributed by atoms with van der Waals surface area (Å²) in [7, 11) is -3.12. The van der Waals surface area contributed by atoms with E-state index in [0.29, 0.717) is 25.1 Å². The number of unbranched alkanes of at least 4 members (excludes halogenated alkanes) is 1. The summed E-state index contributed by atoms with van der Waals surface area (Å²) in [5.74, 6) is 0.724. The molecule has 6 heteroatoms. The first kappa shape index (κ1) is 22.3. The number of nitrogens with zero attached hydrogens (tertiary/aromatic N) is 1. The molecule has 4 rings (SSSR count). The van der Waals surface area contributed by atoms with Gasteiger partial charge >= 0.3 is 0 Å². The van der Waals surface area contributed by atoms with Crippen molar-refractivity contribution in [2.24, 2.45) is 0 Å². The van der Waals surface area contributed by atoms with Crippen LogP contribution in [0.2, 0.25) is 0 Å². The van der Waals surface area contributed by atoms with E-state index in [0.717, 1.165) is 34.9 Å². The summed E-state index contributed by atoms with van der Waals surface area (Å²) >= 11 is 0. The van der Waals surface area contributed by atoms with E-state index in [9.17, 15) is 13.2 Å². The fourth-order valence-corrected chi connectivity index (χ4v) is 5.93. The molecule has 1 amide bonds. The van der Waals surface area contributed by atoms with Crippen molar-refractivity contribution < 1.29 is 17.9 Å². The second-order valence-electron chi connectivity index (χ2n) is 8.35. The molecule has 32 heavy (non-hydrogen) atoms. The fourth-order valence-electron chi connectivity index (χ4n) is 4.20. The summed E-state index contributed by atoms with van der Waals surface area (Å²) < 4.78 is 30.1. The zero-order chi connectivity index (χ0) is 22.6. The van der Waals surface area contributed by atoms with Crippen LogP contribution >= 0.6 is 0 Å². The topological polar surface area (TPSA) is 63.7 Å². The third-order valence-corrected chi connectivity index (χ3v) is 7.75. The lowest BCUT2D eigenvalue weighted by atomic mass is 10.0. The molecule has 1 aliphatic heterocycles. The van der Waals surface area contributed by atoms with Crippen LogP contribution in [0, 0.1) is 0 Å². The van der Waals surface area contributed by atoms with Crippen LogP contribution in [0.4, 0.5) is 0 Å². The Bertz CT molecular complexity index is 1180. The first-order valence-electron chi connectivity index (χ1n) is 11.2. The molecule has 0 spiro atoms. The molecule has 3 aromatic rings. The lowest BCUT2D eigenvalue weighted by Gasteiger charge is -2.29. The van der Waals surface area contributed by atoms with Gasteiger partial charge in [0.25, 0.3) is 5.91 Å². The van der Waals surface area contributed by atoms with Crippen LogP contribution in [0.5, 0.6) is 5.75 Å². The van der Waals surface area contributed by atoms with E-state index >= 15 is 0 Å². The van der Waals surface area contributed by atoms with Gasteiger partial charge in [0.1, 0.15) is 5.75 Å². The average molecular weight is 452 g/mol. The van der Waals surface area contributed by atoms with E-state index in [2.05, 4.69) is 6.92 Å². The van der Waals surface area contributed by atoms with E-state index in [4.69, 9.17) is 4.74 Å². The number of amides is 1. The van der Waals surface area contributed by atoms with Gasteiger partial charge in [-0.25, -0.2) is 8.42 Å². The van der Waals surface area contributed by atoms with Crippen LogP contribution < -0.4 is 4.74 Å². The van der Waals surface area contributed by atoms with Gasteiger partial charge < -0.3 is 9.64 Å². The maximum Gasteiger partial charge on any atom is 0.254 e. The van der Waals surface area contributed by atoms with Crippen LogP contribution in [0.15, 0.2) is 66.7 Å². The number of fused-ring (bicyclic) bond motifs is 1. The summed E-state index contributed by atoms with van der Waals surface area (Å²) in [6, 6.07) is 20.9. The smallest absolute Gasteiger partial charge is 0.254 e. The predicted molar refractivity (Wildman–Crippen MR) is 128 cm³/mol. The zero-order valence-electron chi connectivity index (χ0n) is 18.4. The molecular weight excluding hydrogens is 422 g/mol. The number of carbonyl (C=O) groups is 1. The van der Waals surface area contributed by atoms with Gasteiger partial charge in [-0.1, -0.05) is 55.8 Å².